The summed E-state index contributed by atoms with van der Waals surface area (Å²) in [6.07, 6.45) is 0.930. The van der Waals surface area contributed by atoms with Crippen molar-refractivity contribution in [2.45, 2.75) is 26.3 Å². The van der Waals surface area contributed by atoms with E-state index >= 15 is 0 Å². The van der Waals surface area contributed by atoms with Crippen molar-refractivity contribution in [2.75, 3.05) is 0 Å². The maximum absolute atomic E-state index is 5.78. The van der Waals surface area contributed by atoms with Gasteiger partial charge >= 0.3 is 0 Å². The Hall–Kier alpha value is -1.20. The topological polar surface area (TPSA) is 38.0 Å². The summed E-state index contributed by atoms with van der Waals surface area (Å²) in [5.74, 6) is 5.78. The van der Waals surface area contributed by atoms with Crippen LogP contribution >= 0.6 is 22.7 Å². The van der Waals surface area contributed by atoms with Crippen LogP contribution in [0.3, 0.4) is 0 Å². The third-order valence-electron chi connectivity index (χ3n) is 3.71. The molecule has 0 aliphatic rings. The molecule has 2 nitrogen and oxygen atoms in total. The maximum Gasteiger partial charge on any atom is 0.0594 e. The van der Waals surface area contributed by atoms with Crippen LogP contribution in [0.25, 0.3) is 10.1 Å². The van der Waals surface area contributed by atoms with Gasteiger partial charge in [0.05, 0.1) is 6.04 Å². The van der Waals surface area contributed by atoms with Crippen LogP contribution in [0.1, 0.15) is 26.9 Å². The van der Waals surface area contributed by atoms with Gasteiger partial charge in [0.25, 0.3) is 0 Å². The second kappa shape index (κ2) is 5.66. The SMILES string of the molecule is Cc1cc(C(Cc2csc3ccccc23)NN)sc1C. The minimum Gasteiger partial charge on any atom is -0.271 e. The number of hydrogen-bond donors (Lipinski definition) is 2. The first kappa shape index (κ1) is 13.8. The van der Waals surface area contributed by atoms with Crippen LogP contribution < -0.4 is 11.3 Å². The van der Waals surface area contributed by atoms with Gasteiger partial charge in [-0.15, -0.1) is 22.7 Å². The minimum absolute atomic E-state index is 0.186. The molecule has 3 N–H and O–H groups in total. The van der Waals surface area contributed by atoms with Crippen LogP contribution in [0.15, 0.2) is 35.7 Å². The van der Waals surface area contributed by atoms with Crippen molar-refractivity contribution < 1.29 is 0 Å². The lowest BCUT2D eigenvalue weighted by Gasteiger charge is -2.13. The highest BCUT2D eigenvalue weighted by atomic mass is 32.1. The average molecular weight is 302 g/mol. The van der Waals surface area contributed by atoms with Gasteiger partial charge in [-0.05, 0) is 54.3 Å². The molecule has 0 aliphatic carbocycles. The molecular formula is C16H18N2S2. The Morgan fingerprint density at radius 2 is 2.05 bits per heavy atom. The van der Waals surface area contributed by atoms with Gasteiger partial charge in [0, 0.05) is 14.5 Å². The number of benzene rings is 1. The molecule has 1 atom stereocenters. The molecule has 2 heterocycles. The normalized spacial score (nSPS) is 12.9. The fourth-order valence-electron chi connectivity index (χ4n) is 2.43. The predicted octanol–water partition coefficient (Wildman–Crippen LogP) is 4.33. The lowest BCUT2D eigenvalue weighted by Crippen LogP contribution is -2.28. The van der Waals surface area contributed by atoms with Crippen molar-refractivity contribution in [3.05, 3.63) is 56.6 Å². The number of hydrogen-bond acceptors (Lipinski definition) is 4. The highest BCUT2D eigenvalue weighted by Gasteiger charge is 2.16. The third kappa shape index (κ3) is 2.52. The van der Waals surface area contributed by atoms with Gasteiger partial charge in [0.1, 0.15) is 0 Å². The lowest BCUT2D eigenvalue weighted by atomic mass is 10.0. The van der Waals surface area contributed by atoms with E-state index in [0.29, 0.717) is 0 Å². The highest BCUT2D eigenvalue weighted by molar-refractivity contribution is 7.17. The van der Waals surface area contributed by atoms with Gasteiger partial charge in [-0.2, -0.15) is 0 Å². The second-order valence-corrected chi connectivity index (χ2v) is 7.27. The molecular weight excluding hydrogens is 284 g/mol. The van der Waals surface area contributed by atoms with Gasteiger partial charge in [0.15, 0.2) is 0 Å². The zero-order valence-corrected chi connectivity index (χ0v) is 13.3. The molecule has 0 saturated carbocycles. The molecule has 4 heteroatoms. The molecule has 0 aliphatic heterocycles. The zero-order chi connectivity index (χ0) is 14.1. The molecule has 0 saturated heterocycles. The van der Waals surface area contributed by atoms with Crippen molar-refractivity contribution in [3.63, 3.8) is 0 Å². The molecule has 2 aromatic heterocycles. The summed E-state index contributed by atoms with van der Waals surface area (Å²) < 4.78 is 1.34. The molecule has 3 aromatic rings. The smallest absolute Gasteiger partial charge is 0.0594 e. The van der Waals surface area contributed by atoms with E-state index in [0.717, 1.165) is 6.42 Å². The molecule has 0 fully saturated rings. The number of rotatable bonds is 4. The first-order valence-corrected chi connectivity index (χ1v) is 8.37. The quantitative estimate of drug-likeness (QED) is 0.556. The van der Waals surface area contributed by atoms with Crippen molar-refractivity contribution in [1.82, 2.24) is 5.43 Å². The highest BCUT2D eigenvalue weighted by Crippen LogP contribution is 2.32. The number of thiophene rings is 2. The van der Waals surface area contributed by atoms with Gasteiger partial charge in [-0.3, -0.25) is 11.3 Å². The second-order valence-electron chi connectivity index (χ2n) is 5.07. The Balaban J connectivity index is 1.91. The van der Waals surface area contributed by atoms with Crippen molar-refractivity contribution in [2.24, 2.45) is 5.84 Å². The fraction of sp³-hybridized carbons (Fsp3) is 0.250. The maximum atomic E-state index is 5.78. The Kier molecular flexibility index (Phi) is 3.89. The number of nitrogens with two attached hydrogens (primary N) is 1. The molecule has 0 radical (unpaired) electrons. The molecule has 104 valence electrons. The van der Waals surface area contributed by atoms with Crippen LogP contribution in [0, 0.1) is 13.8 Å². The molecule has 1 unspecified atom stereocenters. The summed E-state index contributed by atoms with van der Waals surface area (Å²) in [6.45, 7) is 4.32. The number of aryl methyl sites for hydroxylation is 2. The summed E-state index contributed by atoms with van der Waals surface area (Å²) in [5.41, 5.74) is 5.70. The zero-order valence-electron chi connectivity index (χ0n) is 11.6. The van der Waals surface area contributed by atoms with E-state index in [1.165, 1.54) is 31.0 Å². The van der Waals surface area contributed by atoms with E-state index in [1.807, 2.05) is 11.3 Å². The minimum atomic E-state index is 0.186. The van der Waals surface area contributed by atoms with Crippen LogP contribution in [0.5, 0.6) is 0 Å². The Morgan fingerprint density at radius 3 is 2.75 bits per heavy atom. The first-order valence-electron chi connectivity index (χ1n) is 6.67. The van der Waals surface area contributed by atoms with Crippen molar-refractivity contribution in [1.29, 1.82) is 0 Å². The largest absolute Gasteiger partial charge is 0.271 e. The molecule has 20 heavy (non-hydrogen) atoms. The summed E-state index contributed by atoms with van der Waals surface area (Å²) in [5, 5.41) is 3.60. The molecule has 0 bridgehead atoms. The van der Waals surface area contributed by atoms with E-state index in [9.17, 15) is 0 Å². The Labute approximate surface area is 127 Å². The summed E-state index contributed by atoms with van der Waals surface area (Å²) in [6, 6.07) is 11.0. The summed E-state index contributed by atoms with van der Waals surface area (Å²) in [7, 11) is 0. The van der Waals surface area contributed by atoms with Gasteiger partial charge in [-0.25, -0.2) is 0 Å². The summed E-state index contributed by atoms with van der Waals surface area (Å²) >= 11 is 3.64. The van der Waals surface area contributed by atoms with Crippen molar-refractivity contribution in [3.8, 4) is 0 Å². The Bertz CT molecular complexity index is 707. The fourth-order valence-corrected chi connectivity index (χ4v) is 4.50. The van der Waals surface area contributed by atoms with Crippen LogP contribution in [-0.4, -0.2) is 0 Å². The van der Waals surface area contributed by atoms with Gasteiger partial charge in [-0.1, -0.05) is 18.2 Å². The number of fused-ring (bicyclic) bond motifs is 1. The van der Waals surface area contributed by atoms with Gasteiger partial charge in [0.2, 0.25) is 0 Å². The third-order valence-corrected chi connectivity index (χ3v) is 5.99. The van der Waals surface area contributed by atoms with E-state index in [2.05, 4.69) is 55.0 Å². The van der Waals surface area contributed by atoms with Crippen LogP contribution in [0.2, 0.25) is 0 Å². The molecule has 1 aromatic carbocycles. The molecule has 0 spiro atoms. The van der Waals surface area contributed by atoms with E-state index in [4.69, 9.17) is 5.84 Å². The predicted molar refractivity (Wildman–Crippen MR) is 89.4 cm³/mol. The Morgan fingerprint density at radius 1 is 1.25 bits per heavy atom. The first-order chi connectivity index (χ1) is 9.69. The summed E-state index contributed by atoms with van der Waals surface area (Å²) in [4.78, 5) is 2.69. The van der Waals surface area contributed by atoms with E-state index < -0.39 is 0 Å². The standard InChI is InChI=1S/C16H18N2S2/c1-10-7-16(20-11(10)2)14(18-17)8-12-9-19-15-6-4-3-5-13(12)15/h3-7,9,14,18H,8,17H2,1-2H3. The van der Waals surface area contributed by atoms with E-state index in [1.54, 1.807) is 11.3 Å². The molecule has 3 rings (SSSR count). The number of nitrogens with one attached hydrogen (secondary N) is 1. The monoisotopic (exact) mass is 302 g/mol. The van der Waals surface area contributed by atoms with Gasteiger partial charge < -0.3 is 0 Å². The van der Waals surface area contributed by atoms with Crippen LogP contribution in [-0.2, 0) is 6.42 Å². The average Bonchev–Trinajstić information content (AvgIpc) is 3.01. The van der Waals surface area contributed by atoms with Crippen molar-refractivity contribution >= 4 is 32.8 Å². The lowest BCUT2D eigenvalue weighted by molar-refractivity contribution is 0.562. The number of hydrazine groups is 1. The molecule has 0 amide bonds. The van der Waals surface area contributed by atoms with Crippen LogP contribution in [0.4, 0.5) is 0 Å². The van der Waals surface area contributed by atoms with E-state index in [-0.39, 0.29) is 6.04 Å².